The van der Waals surface area contributed by atoms with Gasteiger partial charge in [0.25, 0.3) is 0 Å². The summed E-state index contributed by atoms with van der Waals surface area (Å²) in [5, 5.41) is 21.3. The van der Waals surface area contributed by atoms with E-state index in [1.807, 2.05) is 6.92 Å². The zero-order valence-electron chi connectivity index (χ0n) is 13.4. The Bertz CT molecular complexity index is 626. The van der Waals surface area contributed by atoms with Crippen LogP contribution in [0.3, 0.4) is 0 Å². The molecule has 4 heteroatoms. The van der Waals surface area contributed by atoms with E-state index in [2.05, 4.69) is 13.8 Å². The lowest BCUT2D eigenvalue weighted by atomic mass is 9.71. The fourth-order valence-corrected chi connectivity index (χ4v) is 4.55. The molecule has 120 valence electrons. The first kappa shape index (κ1) is 14.3. The molecule has 0 bridgehead atoms. The lowest BCUT2D eigenvalue weighted by Crippen LogP contribution is -2.53. The zero-order valence-corrected chi connectivity index (χ0v) is 13.4. The largest absolute Gasteiger partial charge is 0.508 e. The number of benzene rings is 1. The molecular weight excluding hydrogens is 280 g/mol. The zero-order chi connectivity index (χ0) is 15.6. The number of aliphatic hydroxyl groups is 1. The molecule has 4 rings (SSSR count). The van der Waals surface area contributed by atoms with Gasteiger partial charge in [0.15, 0.2) is 0 Å². The topological polar surface area (TPSA) is 58.9 Å². The van der Waals surface area contributed by atoms with Gasteiger partial charge in [-0.25, -0.2) is 0 Å². The molecule has 1 fully saturated rings. The van der Waals surface area contributed by atoms with Crippen molar-refractivity contribution in [1.82, 2.24) is 0 Å². The molecule has 0 aromatic heterocycles. The number of phenolic OH excluding ortho intramolecular Hbond substituents is 1. The molecule has 2 aliphatic heterocycles. The second-order valence-electron chi connectivity index (χ2n) is 7.20. The summed E-state index contributed by atoms with van der Waals surface area (Å²) in [6, 6.07) is 1.65. The van der Waals surface area contributed by atoms with E-state index in [-0.39, 0.29) is 29.8 Å². The maximum Gasteiger partial charge on any atom is 0.213 e. The maximum atomic E-state index is 11.0. The van der Waals surface area contributed by atoms with Crippen molar-refractivity contribution in [2.75, 3.05) is 0 Å². The van der Waals surface area contributed by atoms with Crippen LogP contribution in [0.5, 0.6) is 11.5 Å². The van der Waals surface area contributed by atoms with E-state index in [1.54, 1.807) is 6.07 Å². The molecule has 22 heavy (non-hydrogen) atoms. The first-order chi connectivity index (χ1) is 10.4. The molecule has 0 radical (unpaired) electrons. The number of rotatable bonds is 0. The van der Waals surface area contributed by atoms with Crippen molar-refractivity contribution in [3.05, 3.63) is 22.8 Å². The highest BCUT2D eigenvalue weighted by Gasteiger charge is 2.54. The summed E-state index contributed by atoms with van der Waals surface area (Å²) < 4.78 is 12.3. The molecule has 0 unspecified atom stereocenters. The molecule has 1 saturated carbocycles. The molecule has 3 aliphatic rings. The van der Waals surface area contributed by atoms with Gasteiger partial charge in [0, 0.05) is 24.0 Å². The Hall–Kier alpha value is -1.26. The van der Waals surface area contributed by atoms with Gasteiger partial charge in [0.2, 0.25) is 5.79 Å². The van der Waals surface area contributed by atoms with Crippen LogP contribution in [0, 0.1) is 12.8 Å². The molecular formula is C18H24O4. The third kappa shape index (κ3) is 1.77. The normalized spacial score (nSPS) is 39.6. The molecule has 1 aliphatic carbocycles. The van der Waals surface area contributed by atoms with Crippen molar-refractivity contribution < 1.29 is 19.7 Å². The first-order valence-corrected chi connectivity index (χ1v) is 8.35. The molecule has 5 atom stereocenters. The standard InChI is InChI=1S/C18H24O4/c1-9-11(3)21-17-12-6-4-5-7-18(12,20)22-14-8-13(19)10(2)15(9)16(14)17/h8-9,11-12,17,19-20H,4-7H2,1-3H3/t9-,11-,12-,17-,18+/m1/s1. The van der Waals surface area contributed by atoms with Gasteiger partial charge in [-0.15, -0.1) is 0 Å². The van der Waals surface area contributed by atoms with Gasteiger partial charge in [0.1, 0.15) is 11.5 Å². The van der Waals surface area contributed by atoms with Crippen LogP contribution in [-0.4, -0.2) is 22.1 Å². The van der Waals surface area contributed by atoms with Crippen LogP contribution in [0.1, 0.15) is 68.2 Å². The van der Waals surface area contributed by atoms with E-state index in [4.69, 9.17) is 9.47 Å². The minimum Gasteiger partial charge on any atom is -0.508 e. The Morgan fingerprint density at radius 3 is 2.77 bits per heavy atom. The highest BCUT2D eigenvalue weighted by Crippen LogP contribution is 2.57. The smallest absolute Gasteiger partial charge is 0.213 e. The van der Waals surface area contributed by atoms with Gasteiger partial charge < -0.3 is 19.7 Å². The molecule has 4 nitrogen and oxygen atoms in total. The number of hydrogen-bond donors (Lipinski definition) is 2. The Morgan fingerprint density at radius 1 is 1.23 bits per heavy atom. The Balaban J connectivity index is 1.95. The van der Waals surface area contributed by atoms with Crippen LogP contribution in [0.4, 0.5) is 0 Å². The first-order valence-electron chi connectivity index (χ1n) is 8.35. The van der Waals surface area contributed by atoms with Crippen LogP contribution in [0.2, 0.25) is 0 Å². The van der Waals surface area contributed by atoms with Crippen LogP contribution in [0.25, 0.3) is 0 Å². The molecule has 1 aromatic carbocycles. The Labute approximate surface area is 131 Å². The SMILES string of the molecule is Cc1c(O)cc2c3c1[C@H](C)[C@@H](C)O[C@@H]3[C@H]1CCCC[C@]1(O)O2. The lowest BCUT2D eigenvalue weighted by molar-refractivity contribution is -0.248. The fourth-order valence-electron chi connectivity index (χ4n) is 4.55. The average Bonchev–Trinajstić information content (AvgIpc) is 2.47. The number of ether oxygens (including phenoxy) is 2. The highest BCUT2D eigenvalue weighted by atomic mass is 16.6. The Kier molecular flexibility index (Phi) is 3.01. The fraction of sp³-hybridized carbons (Fsp3) is 0.667. The number of aromatic hydroxyl groups is 1. The van der Waals surface area contributed by atoms with E-state index in [0.717, 1.165) is 36.0 Å². The number of fused-ring (bicyclic) bond motifs is 2. The van der Waals surface area contributed by atoms with E-state index in [0.29, 0.717) is 12.2 Å². The molecule has 1 aromatic rings. The van der Waals surface area contributed by atoms with Crippen molar-refractivity contribution in [3.63, 3.8) is 0 Å². The van der Waals surface area contributed by atoms with Crippen LogP contribution >= 0.6 is 0 Å². The summed E-state index contributed by atoms with van der Waals surface area (Å²) in [6.45, 7) is 6.16. The number of phenols is 1. The maximum absolute atomic E-state index is 11.0. The van der Waals surface area contributed by atoms with Crippen LogP contribution < -0.4 is 4.74 Å². The van der Waals surface area contributed by atoms with Crippen LogP contribution in [0.15, 0.2) is 6.07 Å². The van der Waals surface area contributed by atoms with Crippen LogP contribution in [-0.2, 0) is 4.74 Å². The monoisotopic (exact) mass is 304 g/mol. The Morgan fingerprint density at radius 2 is 2.00 bits per heavy atom. The summed E-state index contributed by atoms with van der Waals surface area (Å²) in [5.74, 6) is -0.134. The molecule has 0 amide bonds. The predicted octanol–water partition coefficient (Wildman–Crippen LogP) is 3.54. The van der Waals surface area contributed by atoms with E-state index >= 15 is 0 Å². The minimum absolute atomic E-state index is 0.0219. The molecule has 0 saturated heterocycles. The van der Waals surface area contributed by atoms with Crippen molar-refractivity contribution >= 4 is 0 Å². The summed E-state index contributed by atoms with van der Waals surface area (Å²) in [6.07, 6.45) is 3.55. The van der Waals surface area contributed by atoms with E-state index in [9.17, 15) is 10.2 Å². The van der Waals surface area contributed by atoms with Crippen molar-refractivity contribution in [3.8, 4) is 11.5 Å². The minimum atomic E-state index is -1.16. The van der Waals surface area contributed by atoms with Crippen molar-refractivity contribution in [2.24, 2.45) is 5.92 Å². The van der Waals surface area contributed by atoms with Gasteiger partial charge >= 0.3 is 0 Å². The molecule has 0 spiro atoms. The molecule has 2 N–H and O–H groups in total. The number of hydrogen-bond acceptors (Lipinski definition) is 4. The lowest BCUT2D eigenvalue weighted by Gasteiger charge is -2.51. The van der Waals surface area contributed by atoms with Gasteiger partial charge in [-0.1, -0.05) is 13.3 Å². The second-order valence-corrected chi connectivity index (χ2v) is 7.20. The third-order valence-electron chi connectivity index (χ3n) is 5.95. The highest BCUT2D eigenvalue weighted by molar-refractivity contribution is 5.56. The summed E-state index contributed by atoms with van der Waals surface area (Å²) in [5.41, 5.74) is 3.11. The third-order valence-corrected chi connectivity index (χ3v) is 5.95. The summed E-state index contributed by atoms with van der Waals surface area (Å²) in [7, 11) is 0. The summed E-state index contributed by atoms with van der Waals surface area (Å²) >= 11 is 0. The van der Waals surface area contributed by atoms with Crippen molar-refractivity contribution in [1.29, 1.82) is 0 Å². The van der Waals surface area contributed by atoms with Crippen molar-refractivity contribution in [2.45, 2.75) is 70.4 Å². The van der Waals surface area contributed by atoms with Gasteiger partial charge in [0.05, 0.1) is 18.1 Å². The van der Waals surface area contributed by atoms with Gasteiger partial charge in [-0.2, -0.15) is 0 Å². The molecule has 2 heterocycles. The van der Waals surface area contributed by atoms with E-state index in [1.165, 1.54) is 0 Å². The summed E-state index contributed by atoms with van der Waals surface area (Å²) in [4.78, 5) is 0. The van der Waals surface area contributed by atoms with E-state index < -0.39 is 5.79 Å². The van der Waals surface area contributed by atoms with Gasteiger partial charge in [-0.3, -0.25) is 0 Å². The van der Waals surface area contributed by atoms with Gasteiger partial charge in [-0.05, 0) is 37.8 Å². The average molecular weight is 304 g/mol. The second kappa shape index (κ2) is 4.62. The predicted molar refractivity (Wildman–Crippen MR) is 82.1 cm³/mol. The quantitative estimate of drug-likeness (QED) is 0.770.